The minimum atomic E-state index is -4.21. The molecule has 5 nitrogen and oxygen atoms in total. The van der Waals surface area contributed by atoms with E-state index in [1.807, 2.05) is 0 Å². The van der Waals surface area contributed by atoms with Gasteiger partial charge < -0.3 is 14.2 Å². The van der Waals surface area contributed by atoms with E-state index in [0.717, 1.165) is 0 Å². The van der Waals surface area contributed by atoms with Crippen LogP contribution in [0.25, 0.3) is 6.08 Å². The molecule has 0 saturated carbocycles. The first-order valence-corrected chi connectivity index (χ1v) is 9.49. The first-order valence-electron chi connectivity index (χ1n) is 7.78. The van der Waals surface area contributed by atoms with Crippen LogP contribution in [0.4, 0.5) is 22.0 Å². The van der Waals surface area contributed by atoms with Crippen molar-refractivity contribution in [3.63, 3.8) is 0 Å². The van der Waals surface area contributed by atoms with Gasteiger partial charge in [0.2, 0.25) is 11.6 Å². The van der Waals surface area contributed by atoms with Gasteiger partial charge in [-0.3, -0.25) is 0 Å². The Morgan fingerprint density at radius 2 is 1.31 bits per heavy atom. The van der Waals surface area contributed by atoms with Crippen LogP contribution in [0.1, 0.15) is 11.1 Å². The van der Waals surface area contributed by atoms with Crippen LogP contribution in [0.3, 0.4) is 0 Å². The van der Waals surface area contributed by atoms with Crippen molar-refractivity contribution in [2.75, 3.05) is 21.3 Å². The van der Waals surface area contributed by atoms with Crippen molar-refractivity contribution in [3.05, 3.63) is 57.8 Å². The Morgan fingerprint density at radius 1 is 0.793 bits per heavy atom. The highest BCUT2D eigenvalue weighted by Crippen LogP contribution is 2.40. The van der Waals surface area contributed by atoms with Crippen molar-refractivity contribution in [2.24, 2.45) is 0 Å². The summed E-state index contributed by atoms with van der Waals surface area (Å²) in [6, 6.07) is 2.78. The zero-order valence-corrected chi connectivity index (χ0v) is 16.2. The Balaban J connectivity index is 2.45. The Hall–Kier alpha value is -2.82. The number of rotatable bonds is 7. The molecule has 0 aliphatic heterocycles. The van der Waals surface area contributed by atoms with E-state index in [1.54, 1.807) is 0 Å². The molecule has 158 valence electrons. The zero-order chi connectivity index (χ0) is 21.9. The van der Waals surface area contributed by atoms with Gasteiger partial charge in [0.25, 0.3) is 0 Å². The summed E-state index contributed by atoms with van der Waals surface area (Å²) in [4.78, 5) is 0. The minimum absolute atomic E-state index is 0.0417. The van der Waals surface area contributed by atoms with Crippen LogP contribution in [0.15, 0.2) is 17.5 Å². The van der Waals surface area contributed by atoms with Gasteiger partial charge in [-0.25, -0.2) is 30.4 Å². The second-order valence-corrected chi connectivity index (χ2v) is 7.47. The van der Waals surface area contributed by atoms with E-state index in [0.29, 0.717) is 11.5 Å². The number of benzene rings is 2. The fourth-order valence-electron chi connectivity index (χ4n) is 2.48. The monoisotopic (exact) mass is 438 g/mol. The van der Waals surface area contributed by atoms with E-state index in [9.17, 15) is 30.4 Å². The van der Waals surface area contributed by atoms with Crippen LogP contribution >= 0.6 is 0 Å². The molecule has 0 heterocycles. The highest BCUT2D eigenvalue weighted by atomic mass is 32.2. The summed E-state index contributed by atoms with van der Waals surface area (Å²) in [5, 5.41) is 0.349. The van der Waals surface area contributed by atoms with Gasteiger partial charge in [0.1, 0.15) is 0 Å². The fraction of sp³-hybridized carbons (Fsp3) is 0.222. The lowest BCUT2D eigenvalue weighted by Crippen LogP contribution is -2.06. The molecule has 2 aromatic rings. The van der Waals surface area contributed by atoms with Crippen molar-refractivity contribution in [3.8, 4) is 17.2 Å². The second kappa shape index (κ2) is 8.68. The molecule has 0 bridgehead atoms. The maximum absolute atomic E-state index is 13.7. The van der Waals surface area contributed by atoms with Gasteiger partial charge in [0, 0.05) is 11.0 Å². The second-order valence-electron chi connectivity index (χ2n) is 5.59. The normalized spacial score (nSPS) is 11.7. The molecule has 29 heavy (non-hydrogen) atoms. The van der Waals surface area contributed by atoms with Crippen molar-refractivity contribution < 1.29 is 44.6 Å². The third-order valence-electron chi connectivity index (χ3n) is 3.83. The standard InChI is InChI=1S/C18H15F5O5S/c1-26-11-5-4-9(17(27-2)18(11)28-3)8-29(24,25)7-6-10-12(19)14(21)16(23)15(22)13(10)20/h4-7H,8H2,1-3H3/b7-6-. The largest absolute Gasteiger partial charge is 0.493 e. The van der Waals surface area contributed by atoms with Gasteiger partial charge in [-0.15, -0.1) is 0 Å². The molecular weight excluding hydrogens is 423 g/mol. The number of methoxy groups -OCH3 is 3. The van der Waals surface area contributed by atoms with Gasteiger partial charge in [-0.05, 0) is 12.1 Å². The van der Waals surface area contributed by atoms with Gasteiger partial charge >= 0.3 is 0 Å². The van der Waals surface area contributed by atoms with Crippen molar-refractivity contribution >= 4 is 15.9 Å². The lowest BCUT2D eigenvalue weighted by molar-refractivity contribution is 0.323. The molecule has 0 spiro atoms. The van der Waals surface area contributed by atoms with Crippen molar-refractivity contribution in [1.29, 1.82) is 0 Å². The number of ether oxygens (including phenoxy) is 3. The summed E-state index contributed by atoms with van der Waals surface area (Å²) in [6.07, 6.45) is 0.304. The molecule has 2 aromatic carbocycles. The summed E-state index contributed by atoms with van der Waals surface area (Å²) < 4.78 is 107. The predicted octanol–water partition coefficient (Wildman–Crippen LogP) is 3.99. The maximum Gasteiger partial charge on any atom is 0.203 e. The summed E-state index contributed by atoms with van der Waals surface area (Å²) in [5.41, 5.74) is -1.25. The Morgan fingerprint density at radius 3 is 1.79 bits per heavy atom. The van der Waals surface area contributed by atoms with Crippen LogP contribution < -0.4 is 14.2 Å². The molecule has 0 amide bonds. The molecule has 0 fully saturated rings. The third-order valence-corrected chi connectivity index (χ3v) is 5.09. The van der Waals surface area contributed by atoms with Crippen molar-refractivity contribution in [2.45, 2.75) is 5.75 Å². The first kappa shape index (κ1) is 22.5. The molecule has 0 aromatic heterocycles. The number of sulfone groups is 1. The van der Waals surface area contributed by atoms with Crippen molar-refractivity contribution in [1.82, 2.24) is 0 Å². The number of hydrogen-bond acceptors (Lipinski definition) is 5. The first-order chi connectivity index (χ1) is 13.6. The van der Waals surface area contributed by atoms with E-state index in [1.165, 1.54) is 33.5 Å². The minimum Gasteiger partial charge on any atom is -0.493 e. The average molecular weight is 438 g/mol. The van der Waals surface area contributed by atoms with E-state index in [-0.39, 0.29) is 22.8 Å². The molecule has 0 aliphatic rings. The van der Waals surface area contributed by atoms with Gasteiger partial charge in [0.15, 0.2) is 44.6 Å². The molecule has 0 N–H and O–H groups in total. The van der Waals surface area contributed by atoms with Crippen LogP contribution in [0.5, 0.6) is 17.2 Å². The fourth-order valence-corrected chi connectivity index (χ4v) is 3.58. The predicted molar refractivity (Wildman–Crippen MR) is 94.0 cm³/mol. The van der Waals surface area contributed by atoms with E-state index < -0.39 is 50.2 Å². The maximum atomic E-state index is 13.7. The van der Waals surface area contributed by atoms with Crippen LogP contribution in [-0.4, -0.2) is 29.7 Å². The quantitative estimate of drug-likeness (QED) is 0.372. The van der Waals surface area contributed by atoms with E-state index in [2.05, 4.69) is 0 Å². The number of halogens is 5. The van der Waals surface area contributed by atoms with Crippen LogP contribution in [-0.2, 0) is 15.6 Å². The SMILES string of the molecule is COc1ccc(CS(=O)(=O)/C=C\c2c(F)c(F)c(F)c(F)c2F)c(OC)c1OC. The Labute approximate surface area is 163 Å². The molecule has 0 atom stereocenters. The molecule has 2 rings (SSSR count). The molecule has 11 heteroatoms. The van der Waals surface area contributed by atoms with Gasteiger partial charge in [0.05, 0.1) is 32.6 Å². The van der Waals surface area contributed by atoms with E-state index >= 15 is 0 Å². The Kier molecular flexibility index (Phi) is 6.73. The molecule has 0 saturated heterocycles. The third kappa shape index (κ3) is 4.44. The van der Waals surface area contributed by atoms with Crippen LogP contribution in [0, 0.1) is 29.1 Å². The molecule has 0 unspecified atom stereocenters. The summed E-state index contributed by atoms with van der Waals surface area (Å²) >= 11 is 0. The average Bonchev–Trinajstić information content (AvgIpc) is 2.69. The molecule has 0 radical (unpaired) electrons. The number of hydrogen-bond donors (Lipinski definition) is 0. The summed E-state index contributed by atoms with van der Waals surface area (Å²) in [7, 11) is -0.277. The lowest BCUT2D eigenvalue weighted by atomic mass is 10.1. The lowest BCUT2D eigenvalue weighted by Gasteiger charge is -2.15. The summed E-state index contributed by atoms with van der Waals surface area (Å²) in [6.45, 7) is 0. The zero-order valence-electron chi connectivity index (χ0n) is 15.4. The van der Waals surface area contributed by atoms with Gasteiger partial charge in [-0.2, -0.15) is 0 Å². The molecular formula is C18H15F5O5S. The van der Waals surface area contributed by atoms with Gasteiger partial charge in [-0.1, -0.05) is 6.07 Å². The topological polar surface area (TPSA) is 61.8 Å². The smallest absolute Gasteiger partial charge is 0.203 e. The summed E-state index contributed by atoms with van der Waals surface area (Å²) in [5.74, 6) is -11.3. The highest BCUT2D eigenvalue weighted by Gasteiger charge is 2.25. The van der Waals surface area contributed by atoms with Crippen LogP contribution in [0.2, 0.25) is 0 Å². The Bertz CT molecular complexity index is 1040. The highest BCUT2D eigenvalue weighted by molar-refractivity contribution is 7.93. The van der Waals surface area contributed by atoms with E-state index in [4.69, 9.17) is 14.2 Å². The molecule has 0 aliphatic carbocycles.